The van der Waals surface area contributed by atoms with E-state index in [-0.39, 0.29) is 5.41 Å². The zero-order valence-corrected chi connectivity index (χ0v) is 14.2. The zero-order valence-electron chi connectivity index (χ0n) is 14.2. The third-order valence-corrected chi connectivity index (χ3v) is 4.38. The molecule has 0 heterocycles. The van der Waals surface area contributed by atoms with Crippen molar-refractivity contribution in [2.45, 2.75) is 47.0 Å². The molecule has 0 nitrogen and oxygen atoms in total. The van der Waals surface area contributed by atoms with E-state index < -0.39 is 0 Å². The summed E-state index contributed by atoms with van der Waals surface area (Å²) in [6.07, 6.45) is 5.19. The van der Waals surface area contributed by atoms with Crippen molar-refractivity contribution < 1.29 is 0 Å². The van der Waals surface area contributed by atoms with Crippen molar-refractivity contribution in [2.24, 2.45) is 10.8 Å². The predicted molar refractivity (Wildman–Crippen MR) is 94.4 cm³/mol. The van der Waals surface area contributed by atoms with Crippen LogP contribution in [0.4, 0.5) is 0 Å². The van der Waals surface area contributed by atoms with Gasteiger partial charge in [0.15, 0.2) is 0 Å². The average molecular weight is 280 g/mol. The van der Waals surface area contributed by atoms with E-state index in [9.17, 15) is 0 Å². The smallest absolute Gasteiger partial charge is 0.0153 e. The molecule has 112 valence electrons. The minimum atomic E-state index is 0.183. The van der Waals surface area contributed by atoms with Crippen LogP contribution in [0.1, 0.15) is 58.1 Å². The highest BCUT2D eigenvalue weighted by atomic mass is 14.4. The lowest BCUT2D eigenvalue weighted by atomic mass is 9.65. The summed E-state index contributed by atoms with van der Waals surface area (Å²) in [7, 11) is 0. The molecule has 0 saturated carbocycles. The molecule has 0 bridgehead atoms. The molecule has 1 unspecified atom stereocenters. The van der Waals surface area contributed by atoms with Crippen molar-refractivity contribution in [3.05, 3.63) is 66.3 Å². The van der Waals surface area contributed by atoms with Gasteiger partial charge in [-0.15, -0.1) is 0 Å². The summed E-state index contributed by atoms with van der Waals surface area (Å²) in [5, 5.41) is 0. The quantitative estimate of drug-likeness (QED) is 0.601. The first kappa shape index (κ1) is 15.8. The van der Waals surface area contributed by atoms with Crippen LogP contribution in [0.5, 0.6) is 0 Å². The minimum Gasteiger partial charge on any atom is -0.0987 e. The van der Waals surface area contributed by atoms with E-state index in [0.717, 1.165) is 0 Å². The van der Waals surface area contributed by atoms with Gasteiger partial charge in [0.1, 0.15) is 0 Å². The van der Waals surface area contributed by atoms with Crippen LogP contribution >= 0.6 is 0 Å². The van der Waals surface area contributed by atoms with Crippen molar-refractivity contribution in [3.8, 4) is 0 Å². The van der Waals surface area contributed by atoms with Crippen LogP contribution in [0.15, 0.2) is 55.1 Å². The molecular weight excluding hydrogens is 252 g/mol. The van der Waals surface area contributed by atoms with E-state index >= 15 is 0 Å². The maximum Gasteiger partial charge on any atom is 0.0153 e. The second-order valence-corrected chi connectivity index (χ2v) is 8.02. The largest absolute Gasteiger partial charge is 0.0987 e. The number of hydrogen-bond acceptors (Lipinski definition) is 0. The first-order valence-electron chi connectivity index (χ1n) is 7.79. The molecule has 1 aromatic rings. The van der Waals surface area contributed by atoms with Gasteiger partial charge in [0.2, 0.25) is 0 Å². The Bertz CT molecular complexity index is 591. The molecule has 0 aliphatic heterocycles. The highest BCUT2D eigenvalue weighted by molar-refractivity contribution is 5.86. The molecule has 0 N–H and O–H groups in total. The van der Waals surface area contributed by atoms with Crippen molar-refractivity contribution >= 4 is 5.57 Å². The summed E-state index contributed by atoms with van der Waals surface area (Å²) in [4.78, 5) is 0. The Labute approximate surface area is 130 Å². The second-order valence-electron chi connectivity index (χ2n) is 8.02. The molecule has 1 aromatic carbocycles. The zero-order chi connectivity index (χ0) is 15.8. The van der Waals surface area contributed by atoms with Gasteiger partial charge >= 0.3 is 0 Å². The monoisotopic (exact) mass is 280 g/mol. The first-order valence-corrected chi connectivity index (χ1v) is 7.79. The fraction of sp³-hybridized carbons (Fsp3) is 0.429. The number of rotatable bonds is 4. The van der Waals surface area contributed by atoms with E-state index in [1.165, 1.54) is 28.7 Å². The summed E-state index contributed by atoms with van der Waals surface area (Å²) in [6.45, 7) is 19.8. The van der Waals surface area contributed by atoms with E-state index in [0.29, 0.717) is 11.3 Å². The Kier molecular flexibility index (Phi) is 4.02. The molecule has 0 spiro atoms. The topological polar surface area (TPSA) is 0 Å². The van der Waals surface area contributed by atoms with E-state index in [1.54, 1.807) is 0 Å². The Balaban J connectivity index is 2.59. The standard InChI is InChI=1S/C21H28/c1-8-15-16(9-2)19(18-13-11-10-12-17(15)18)21(6,7)14-20(3,4)5/h8-13,19H,1-2,14H2,3-7H3. The van der Waals surface area contributed by atoms with Crippen molar-refractivity contribution in [3.63, 3.8) is 0 Å². The van der Waals surface area contributed by atoms with Crippen LogP contribution in [0.25, 0.3) is 5.57 Å². The Hall–Kier alpha value is -1.56. The van der Waals surface area contributed by atoms with Gasteiger partial charge in [0.05, 0.1) is 0 Å². The van der Waals surface area contributed by atoms with Crippen LogP contribution in [0, 0.1) is 10.8 Å². The SMILES string of the molecule is C=CC1=C(C=C)C(C(C)(C)CC(C)(C)C)c2ccccc21. The van der Waals surface area contributed by atoms with Crippen LogP contribution in [0.3, 0.4) is 0 Å². The summed E-state index contributed by atoms with van der Waals surface area (Å²) in [5.41, 5.74) is 5.84. The lowest BCUT2D eigenvalue weighted by Gasteiger charge is -2.39. The maximum atomic E-state index is 4.08. The Morgan fingerprint density at radius 3 is 2.14 bits per heavy atom. The summed E-state index contributed by atoms with van der Waals surface area (Å²) in [6, 6.07) is 8.74. The van der Waals surface area contributed by atoms with Gasteiger partial charge in [0, 0.05) is 5.92 Å². The molecule has 0 aromatic heterocycles. The molecular formula is C21H28. The van der Waals surface area contributed by atoms with Crippen LogP contribution in [-0.2, 0) is 0 Å². The lowest BCUT2D eigenvalue weighted by molar-refractivity contribution is 0.191. The number of fused-ring (bicyclic) bond motifs is 1. The number of allylic oxidation sites excluding steroid dienone is 4. The molecule has 0 amide bonds. The van der Waals surface area contributed by atoms with Gasteiger partial charge in [-0.05, 0) is 39.5 Å². The van der Waals surface area contributed by atoms with Crippen LogP contribution < -0.4 is 0 Å². The molecule has 0 fully saturated rings. The van der Waals surface area contributed by atoms with E-state index in [4.69, 9.17) is 0 Å². The normalized spacial score (nSPS) is 18.6. The predicted octanol–water partition coefficient (Wildman–Crippen LogP) is 6.37. The van der Waals surface area contributed by atoms with Gasteiger partial charge < -0.3 is 0 Å². The third kappa shape index (κ3) is 2.90. The number of benzene rings is 1. The van der Waals surface area contributed by atoms with Crippen LogP contribution in [-0.4, -0.2) is 0 Å². The molecule has 1 aliphatic carbocycles. The average Bonchev–Trinajstić information content (AvgIpc) is 2.69. The fourth-order valence-corrected chi connectivity index (χ4v) is 4.24. The lowest BCUT2D eigenvalue weighted by Crippen LogP contribution is -2.27. The summed E-state index contributed by atoms with van der Waals surface area (Å²) >= 11 is 0. The first-order chi connectivity index (χ1) is 9.71. The van der Waals surface area contributed by atoms with Crippen molar-refractivity contribution in [1.29, 1.82) is 0 Å². The van der Waals surface area contributed by atoms with E-state index in [1.807, 2.05) is 12.2 Å². The molecule has 0 heteroatoms. The molecule has 2 rings (SSSR count). The molecule has 0 radical (unpaired) electrons. The van der Waals surface area contributed by atoms with Crippen molar-refractivity contribution in [1.82, 2.24) is 0 Å². The van der Waals surface area contributed by atoms with Gasteiger partial charge in [-0.2, -0.15) is 0 Å². The molecule has 21 heavy (non-hydrogen) atoms. The fourth-order valence-electron chi connectivity index (χ4n) is 4.24. The maximum absolute atomic E-state index is 4.08. The van der Waals surface area contributed by atoms with Gasteiger partial charge in [-0.25, -0.2) is 0 Å². The van der Waals surface area contributed by atoms with Crippen molar-refractivity contribution in [2.75, 3.05) is 0 Å². The Morgan fingerprint density at radius 2 is 1.62 bits per heavy atom. The van der Waals surface area contributed by atoms with Gasteiger partial charge in [-0.3, -0.25) is 0 Å². The third-order valence-electron chi connectivity index (χ3n) is 4.38. The van der Waals surface area contributed by atoms with E-state index in [2.05, 4.69) is 72.0 Å². The number of hydrogen-bond donors (Lipinski definition) is 0. The summed E-state index contributed by atoms with van der Waals surface area (Å²) < 4.78 is 0. The Morgan fingerprint density at radius 1 is 1.00 bits per heavy atom. The molecule has 0 saturated heterocycles. The second kappa shape index (κ2) is 5.33. The minimum absolute atomic E-state index is 0.183. The highest BCUT2D eigenvalue weighted by Crippen LogP contribution is 2.54. The summed E-state index contributed by atoms with van der Waals surface area (Å²) in [5.74, 6) is 0.401. The van der Waals surface area contributed by atoms with Crippen LogP contribution in [0.2, 0.25) is 0 Å². The highest BCUT2D eigenvalue weighted by Gasteiger charge is 2.40. The van der Waals surface area contributed by atoms with Gasteiger partial charge in [-0.1, -0.05) is 84.2 Å². The molecule has 1 aliphatic rings. The van der Waals surface area contributed by atoms with Gasteiger partial charge in [0.25, 0.3) is 0 Å². The molecule has 1 atom stereocenters.